The molecule has 14 bridgehead atoms. The van der Waals surface area contributed by atoms with Gasteiger partial charge in [-0.3, -0.25) is 4.79 Å². The van der Waals surface area contributed by atoms with Crippen molar-refractivity contribution in [3.8, 4) is 0 Å². The molecule has 21 aliphatic heterocycles. The molecule has 0 radical (unpaired) electrons. The Balaban J connectivity index is 1.10. The summed E-state index contributed by atoms with van der Waals surface area (Å²) in [5.74, 6) is -2.10. The molecule has 83 heavy (non-hydrogen) atoms. The van der Waals surface area contributed by atoms with E-state index in [-0.39, 0.29) is 11.5 Å². The molecule has 482 valence electrons. The lowest BCUT2D eigenvalue weighted by Crippen LogP contribution is -2.68. The van der Waals surface area contributed by atoms with Gasteiger partial charge in [0.15, 0.2) is 44.0 Å². The Morgan fingerprint density at radius 3 is 0.639 bits per heavy atom. The van der Waals surface area contributed by atoms with Gasteiger partial charge < -0.3 is 179 Å². The summed E-state index contributed by atoms with van der Waals surface area (Å²) in [4.78, 5) is 11.6. The monoisotopic (exact) mass is 1240 g/mol. The number of rotatable bonds is 11. The highest BCUT2D eigenvalue weighted by Crippen LogP contribution is 2.39. The first-order chi connectivity index (χ1) is 39.4. The fourth-order valence-electron chi connectivity index (χ4n) is 10.8. The Hall–Kier alpha value is -1.58. The molecule has 36 atom stereocenters. The van der Waals surface area contributed by atoms with Crippen LogP contribution < -0.4 is 5.73 Å². The molecular formula is C45H75NO36S. The van der Waals surface area contributed by atoms with E-state index < -0.39 is 267 Å². The summed E-state index contributed by atoms with van der Waals surface area (Å²) in [7, 11) is 0. The molecule has 21 saturated heterocycles. The highest BCUT2D eigenvalue weighted by Gasteiger charge is 2.59. The smallest absolute Gasteiger partial charge is 0.321 e. The molecule has 21 aliphatic rings. The first kappa shape index (κ1) is 67.4. The Morgan fingerprint density at radius 1 is 0.301 bits per heavy atom. The van der Waals surface area contributed by atoms with E-state index in [2.05, 4.69) is 0 Å². The van der Waals surface area contributed by atoms with Gasteiger partial charge in [-0.2, -0.15) is 11.8 Å². The van der Waals surface area contributed by atoms with Crippen LogP contribution in [0.25, 0.3) is 0 Å². The highest BCUT2D eigenvalue weighted by atomic mass is 32.2. The second-order valence-electron chi connectivity index (χ2n) is 21.0. The largest absolute Gasteiger partial charge is 0.480 e. The zero-order valence-corrected chi connectivity index (χ0v) is 44.3. The molecule has 21 fully saturated rings. The average Bonchev–Trinajstić information content (AvgIpc) is 3.59. The maximum absolute atomic E-state index is 11.7. The van der Waals surface area contributed by atoms with Crippen LogP contribution in [0, 0.1) is 0 Å². The van der Waals surface area contributed by atoms with Crippen LogP contribution in [0.5, 0.6) is 0 Å². The molecule has 0 saturated carbocycles. The Labute approximate surface area is 473 Å². The van der Waals surface area contributed by atoms with Crippen molar-refractivity contribution in [1.29, 1.82) is 0 Å². The van der Waals surface area contributed by atoms with Gasteiger partial charge in [0.1, 0.15) is 171 Å². The zero-order chi connectivity index (χ0) is 60.6. The lowest BCUT2D eigenvalue weighted by atomic mass is 9.95. The number of aliphatic hydroxyl groups excluding tert-OH is 20. The number of aliphatic carboxylic acids is 1. The van der Waals surface area contributed by atoms with Crippen molar-refractivity contribution in [2.45, 2.75) is 221 Å². The van der Waals surface area contributed by atoms with Crippen molar-refractivity contribution in [2.75, 3.05) is 51.1 Å². The first-order valence-electron chi connectivity index (χ1n) is 26.3. The normalized spacial score (nSPS) is 52.6. The first-order valence-corrected chi connectivity index (χ1v) is 27.5. The Morgan fingerprint density at radius 2 is 0.470 bits per heavy atom. The summed E-state index contributed by atoms with van der Waals surface area (Å²) in [6.07, 6.45) is -70.8. The van der Waals surface area contributed by atoms with Gasteiger partial charge in [0.05, 0.1) is 45.7 Å². The summed E-state index contributed by atoms with van der Waals surface area (Å²) < 4.78 is 80.6. The SMILES string of the molecule is N[C@@H](CSC[C@H]1O[C@@H]2O[C@H]3[C@H](O)[C@@H](O)[C@@H](O[C@H]4[C@H](O)[C@@H](O)[C@@H](O[C@H]5[C@H](O)[C@@H](O)[C@@H](O[C@H]6[C@H](O)[C@@H](O)[C@@H](O[C@H]7[C@H](O)[C@@H](O)[C@@H](O[C@H]8[C@H](O)[C@@H](O)[C@@H](O[C@H]1[C@H](O)[C@H]2O)O[C@@H]8CO)O[C@@H]7CO)O[C@@H]6CO)O[C@@H]5CO)O[C@@H]4CO)O[C@@H]3CO)C(=O)O. The van der Waals surface area contributed by atoms with Gasteiger partial charge in [-0.05, 0) is 0 Å². The van der Waals surface area contributed by atoms with Crippen molar-refractivity contribution >= 4 is 17.7 Å². The van der Waals surface area contributed by atoms with E-state index in [1.165, 1.54) is 0 Å². The number of hydrogen-bond donors (Lipinski definition) is 22. The van der Waals surface area contributed by atoms with Crippen LogP contribution in [0.3, 0.4) is 0 Å². The molecule has 0 spiro atoms. The quantitative estimate of drug-likeness (QED) is 0.0913. The van der Waals surface area contributed by atoms with Crippen molar-refractivity contribution in [3.63, 3.8) is 0 Å². The fourth-order valence-corrected chi connectivity index (χ4v) is 11.8. The number of ether oxygens (including phenoxy) is 14. The van der Waals surface area contributed by atoms with Crippen LogP contribution >= 0.6 is 11.8 Å². The summed E-state index contributed by atoms with van der Waals surface area (Å²) in [6, 6.07) is -1.46. The van der Waals surface area contributed by atoms with E-state index in [4.69, 9.17) is 72.0 Å². The predicted molar refractivity (Wildman–Crippen MR) is 254 cm³/mol. The van der Waals surface area contributed by atoms with Gasteiger partial charge in [-0.15, -0.1) is 0 Å². The summed E-state index contributed by atoms with van der Waals surface area (Å²) in [6.45, 7) is -6.39. The molecule has 23 N–H and O–H groups in total. The second-order valence-corrected chi connectivity index (χ2v) is 22.0. The van der Waals surface area contributed by atoms with E-state index in [9.17, 15) is 112 Å². The third-order valence-electron chi connectivity index (χ3n) is 15.5. The molecule has 0 aromatic rings. The van der Waals surface area contributed by atoms with Crippen LogP contribution in [0.1, 0.15) is 0 Å². The Kier molecular flexibility index (Phi) is 23.5. The standard InChI is InChI=1S/C45H75NO36S/c46-9(38(67)68)7-83-8-16-37-23(59)30(66)45(75-16)81-36-15(6-52)73-43(28(64)21(36)57)79-34-13(4-50)71-41(26(62)19(34)55)77-32-11(2-48)69-39(24(60)17(32)53)76-31-10(1-47)70-40(25(61)18(31)54)78-33-12(3-49)72-42(27(63)20(33)56)80-35-14(5-51)74-44(82-37)29(65)22(35)58/h9-37,39-45,47-66H,1-8,46H2,(H,67,68)/t9-,10+,11+,12+,13+,14+,15+,16+,17+,18+,19+,20+,21+,22+,23+,24+,25+,26+,27+,28+,29+,30+,31+,32+,33+,34+,35+,36+,37+,39+,40+,41+,42+,43+,44+,45+/m0/s1. The maximum Gasteiger partial charge on any atom is 0.321 e. The summed E-state index contributed by atoms with van der Waals surface area (Å²) in [5, 5.41) is 232. The van der Waals surface area contributed by atoms with Gasteiger partial charge >= 0.3 is 5.97 Å². The number of nitrogens with two attached hydrogens (primary N) is 1. The van der Waals surface area contributed by atoms with Crippen LogP contribution in [-0.2, 0) is 71.1 Å². The molecule has 0 aromatic heterocycles. The number of carboxylic acids is 1. The maximum atomic E-state index is 11.7. The van der Waals surface area contributed by atoms with Gasteiger partial charge in [-0.25, -0.2) is 0 Å². The lowest BCUT2D eigenvalue weighted by Gasteiger charge is -2.50. The minimum absolute atomic E-state index is 0.308. The van der Waals surface area contributed by atoms with Gasteiger partial charge in [0.25, 0.3) is 0 Å². The van der Waals surface area contributed by atoms with Crippen molar-refractivity contribution in [1.82, 2.24) is 0 Å². The van der Waals surface area contributed by atoms with Gasteiger partial charge in [-0.1, -0.05) is 0 Å². The molecule has 21 heterocycles. The zero-order valence-electron chi connectivity index (χ0n) is 43.4. The van der Waals surface area contributed by atoms with Crippen LogP contribution in [0.2, 0.25) is 0 Å². The summed E-state index contributed by atoms with van der Waals surface area (Å²) in [5.41, 5.74) is 5.69. The molecule has 37 nitrogen and oxygen atoms in total. The Bertz CT molecular complexity index is 2020. The lowest BCUT2D eigenvalue weighted by molar-refractivity contribution is -0.396. The average molecular weight is 1240 g/mol. The number of thioether (sulfide) groups is 1. The topological polar surface area (TPSA) is 597 Å². The van der Waals surface area contributed by atoms with Gasteiger partial charge in [0, 0.05) is 11.5 Å². The number of carboxylic acid groups (broad SMARTS) is 1. The van der Waals surface area contributed by atoms with Crippen LogP contribution in [0.4, 0.5) is 0 Å². The summed E-state index contributed by atoms with van der Waals surface area (Å²) >= 11 is 0.806. The molecule has 0 aliphatic carbocycles. The molecule has 38 heteroatoms. The van der Waals surface area contributed by atoms with Crippen molar-refractivity contribution in [2.24, 2.45) is 5.73 Å². The third kappa shape index (κ3) is 13.9. The molecule has 21 rings (SSSR count). The fraction of sp³-hybridized carbons (Fsp3) is 0.978. The van der Waals surface area contributed by atoms with Gasteiger partial charge in [0.2, 0.25) is 0 Å². The predicted octanol–water partition coefficient (Wildman–Crippen LogP) is -15.1. The second kappa shape index (κ2) is 28.9. The van der Waals surface area contributed by atoms with E-state index >= 15 is 0 Å². The third-order valence-corrected chi connectivity index (χ3v) is 16.7. The number of carbonyl (C=O) groups is 1. The van der Waals surface area contributed by atoms with E-state index in [1.807, 2.05) is 0 Å². The molecule has 0 aromatic carbocycles. The van der Waals surface area contributed by atoms with E-state index in [0.717, 1.165) is 11.8 Å². The minimum atomic E-state index is -2.24. The minimum Gasteiger partial charge on any atom is -0.480 e. The van der Waals surface area contributed by atoms with E-state index in [0.29, 0.717) is 0 Å². The molecular weight excluding hydrogens is 1160 g/mol. The molecule has 0 amide bonds. The van der Waals surface area contributed by atoms with Crippen LogP contribution in [-0.4, -0.2) is 385 Å². The van der Waals surface area contributed by atoms with Crippen LogP contribution in [0.15, 0.2) is 0 Å². The van der Waals surface area contributed by atoms with Crippen molar-refractivity contribution in [3.05, 3.63) is 0 Å². The highest BCUT2D eigenvalue weighted by molar-refractivity contribution is 7.99. The van der Waals surface area contributed by atoms with Crippen molar-refractivity contribution < 1.29 is 178 Å². The van der Waals surface area contributed by atoms with E-state index in [1.54, 1.807) is 0 Å². The number of aliphatic hydroxyl groups is 20. The molecule has 0 unspecified atom stereocenters. The number of hydrogen-bond acceptors (Lipinski definition) is 37.